The molecule has 0 amide bonds. The van der Waals surface area contributed by atoms with Gasteiger partial charge in [-0.1, -0.05) is 23.7 Å². The lowest BCUT2D eigenvalue weighted by Crippen LogP contribution is -2.44. The van der Waals surface area contributed by atoms with Crippen molar-refractivity contribution < 1.29 is 4.21 Å². The zero-order chi connectivity index (χ0) is 16.5. The summed E-state index contributed by atoms with van der Waals surface area (Å²) in [4.78, 5) is 9.55. The van der Waals surface area contributed by atoms with Crippen LogP contribution in [0, 0.1) is 0 Å². The van der Waals surface area contributed by atoms with E-state index in [0.717, 1.165) is 66.7 Å². The lowest BCUT2D eigenvalue weighted by molar-refractivity contribution is 0.585. The van der Waals surface area contributed by atoms with Gasteiger partial charge in [0, 0.05) is 77.4 Å². The molecule has 3 heterocycles. The van der Waals surface area contributed by atoms with E-state index in [1.54, 1.807) is 0 Å². The van der Waals surface area contributed by atoms with Gasteiger partial charge in [-0.05, 0) is 12.1 Å². The van der Waals surface area contributed by atoms with Crippen molar-refractivity contribution in [1.82, 2.24) is 10.3 Å². The maximum Gasteiger partial charge on any atom is 0.139 e. The highest BCUT2D eigenvalue weighted by Crippen LogP contribution is 2.34. The summed E-state index contributed by atoms with van der Waals surface area (Å²) in [6.45, 7) is 5.41. The maximum absolute atomic E-state index is 11.7. The van der Waals surface area contributed by atoms with Gasteiger partial charge in [0.1, 0.15) is 11.6 Å². The van der Waals surface area contributed by atoms with Crippen LogP contribution in [0.4, 0.5) is 11.6 Å². The standard InChI is InChI=1S/C17H21ClN4OS/c18-15-3-1-2-13-14(15)12-16(21-6-4-19-5-7-21)20-17(13)22-8-10-24(23)11-9-22/h1-3,12,19H,4-11H2. The van der Waals surface area contributed by atoms with E-state index in [1.165, 1.54) is 0 Å². The summed E-state index contributed by atoms with van der Waals surface area (Å²) in [5.74, 6) is 3.38. The zero-order valence-corrected chi connectivity index (χ0v) is 15.1. The summed E-state index contributed by atoms with van der Waals surface area (Å²) in [6, 6.07) is 8.09. The minimum absolute atomic E-state index is 0.697. The average molecular weight is 365 g/mol. The summed E-state index contributed by atoms with van der Waals surface area (Å²) in [6.07, 6.45) is 0. The van der Waals surface area contributed by atoms with Gasteiger partial charge in [0.2, 0.25) is 0 Å². The van der Waals surface area contributed by atoms with Gasteiger partial charge in [-0.25, -0.2) is 4.98 Å². The van der Waals surface area contributed by atoms with Crippen LogP contribution < -0.4 is 15.1 Å². The molecule has 128 valence electrons. The monoisotopic (exact) mass is 364 g/mol. The molecule has 1 aromatic carbocycles. The van der Waals surface area contributed by atoms with Crippen molar-refractivity contribution in [2.75, 3.05) is 60.6 Å². The van der Waals surface area contributed by atoms with Crippen LogP contribution in [0.1, 0.15) is 0 Å². The first-order valence-electron chi connectivity index (χ1n) is 8.37. The number of hydrogen-bond acceptors (Lipinski definition) is 5. The molecule has 1 aromatic heterocycles. The fourth-order valence-corrected chi connectivity index (χ4v) is 4.64. The number of hydrogen-bond donors (Lipinski definition) is 1. The summed E-state index contributed by atoms with van der Waals surface area (Å²) in [5, 5.41) is 6.26. The van der Waals surface area contributed by atoms with Crippen molar-refractivity contribution in [3.63, 3.8) is 0 Å². The Morgan fingerprint density at radius 1 is 1.04 bits per heavy atom. The third kappa shape index (κ3) is 3.10. The number of anilines is 2. The normalized spacial score (nSPS) is 19.9. The largest absolute Gasteiger partial charge is 0.354 e. The second-order valence-corrected chi connectivity index (χ2v) is 8.31. The van der Waals surface area contributed by atoms with Crippen molar-refractivity contribution in [1.29, 1.82) is 0 Å². The number of aromatic nitrogens is 1. The van der Waals surface area contributed by atoms with Crippen LogP contribution in [-0.4, -0.2) is 60.0 Å². The SMILES string of the molecule is O=S1CCN(c2nc(N3CCNCC3)cc3c(Cl)cccc23)CC1. The Balaban J connectivity index is 1.80. The molecule has 2 aliphatic heterocycles. The van der Waals surface area contributed by atoms with Gasteiger partial charge in [0.05, 0.1) is 0 Å². The Hall–Kier alpha value is -1.37. The number of nitrogens with one attached hydrogen (secondary N) is 1. The van der Waals surface area contributed by atoms with E-state index in [4.69, 9.17) is 16.6 Å². The lowest BCUT2D eigenvalue weighted by Gasteiger charge is -2.32. The molecular weight excluding hydrogens is 344 g/mol. The average Bonchev–Trinajstić information content (AvgIpc) is 2.63. The molecule has 4 rings (SSSR count). The van der Waals surface area contributed by atoms with E-state index in [0.29, 0.717) is 11.5 Å². The molecule has 2 fully saturated rings. The molecule has 5 nitrogen and oxygen atoms in total. The van der Waals surface area contributed by atoms with E-state index in [-0.39, 0.29) is 0 Å². The van der Waals surface area contributed by atoms with Crippen LogP contribution in [0.15, 0.2) is 24.3 Å². The van der Waals surface area contributed by atoms with Crippen LogP contribution in [-0.2, 0) is 10.8 Å². The summed E-state index contributed by atoms with van der Waals surface area (Å²) >= 11 is 6.48. The highest BCUT2D eigenvalue weighted by atomic mass is 35.5. The van der Waals surface area contributed by atoms with Gasteiger partial charge in [-0.15, -0.1) is 0 Å². The molecule has 0 radical (unpaired) electrons. The number of rotatable bonds is 2. The number of benzene rings is 1. The van der Waals surface area contributed by atoms with E-state index in [1.807, 2.05) is 12.1 Å². The minimum Gasteiger partial charge on any atom is -0.354 e. The van der Waals surface area contributed by atoms with Crippen molar-refractivity contribution in [2.24, 2.45) is 0 Å². The fourth-order valence-electron chi connectivity index (χ4n) is 3.36. The number of piperazine rings is 1. The third-order valence-electron chi connectivity index (χ3n) is 4.71. The molecule has 0 spiro atoms. The molecule has 24 heavy (non-hydrogen) atoms. The quantitative estimate of drug-likeness (QED) is 0.881. The predicted molar refractivity (Wildman–Crippen MR) is 102 cm³/mol. The molecule has 0 saturated carbocycles. The Morgan fingerprint density at radius 2 is 1.79 bits per heavy atom. The van der Waals surface area contributed by atoms with Crippen LogP contribution in [0.5, 0.6) is 0 Å². The summed E-state index contributed by atoms with van der Waals surface area (Å²) in [5.41, 5.74) is 0. The van der Waals surface area contributed by atoms with E-state index >= 15 is 0 Å². The fraction of sp³-hybridized carbons (Fsp3) is 0.471. The smallest absolute Gasteiger partial charge is 0.139 e. The highest BCUT2D eigenvalue weighted by Gasteiger charge is 2.22. The Morgan fingerprint density at radius 3 is 2.54 bits per heavy atom. The van der Waals surface area contributed by atoms with Gasteiger partial charge < -0.3 is 15.1 Å². The van der Waals surface area contributed by atoms with Crippen LogP contribution >= 0.6 is 11.6 Å². The minimum atomic E-state index is -0.697. The van der Waals surface area contributed by atoms with Crippen molar-refractivity contribution >= 4 is 44.8 Å². The molecule has 0 unspecified atom stereocenters. The summed E-state index contributed by atoms with van der Waals surface area (Å²) < 4.78 is 11.7. The zero-order valence-electron chi connectivity index (χ0n) is 13.5. The molecular formula is C17H21ClN4OS. The van der Waals surface area contributed by atoms with Gasteiger partial charge >= 0.3 is 0 Å². The third-order valence-corrected chi connectivity index (χ3v) is 6.31. The second kappa shape index (κ2) is 6.86. The van der Waals surface area contributed by atoms with Crippen LogP contribution in [0.3, 0.4) is 0 Å². The maximum atomic E-state index is 11.7. The second-order valence-electron chi connectivity index (χ2n) is 6.21. The summed E-state index contributed by atoms with van der Waals surface area (Å²) in [7, 11) is -0.697. The first-order chi connectivity index (χ1) is 11.7. The van der Waals surface area contributed by atoms with Gasteiger partial charge in [-0.2, -0.15) is 0 Å². The highest BCUT2D eigenvalue weighted by molar-refractivity contribution is 7.85. The first kappa shape index (κ1) is 16.1. The molecule has 2 saturated heterocycles. The topological polar surface area (TPSA) is 48.5 Å². The van der Waals surface area contributed by atoms with Crippen molar-refractivity contribution in [3.8, 4) is 0 Å². The van der Waals surface area contributed by atoms with Crippen molar-refractivity contribution in [3.05, 3.63) is 29.3 Å². The number of nitrogens with zero attached hydrogens (tertiary/aromatic N) is 3. The van der Waals surface area contributed by atoms with E-state index < -0.39 is 10.8 Å². The Labute approximate surface area is 149 Å². The van der Waals surface area contributed by atoms with E-state index in [9.17, 15) is 4.21 Å². The predicted octanol–water partition coefficient (Wildman–Crippen LogP) is 1.87. The number of halogens is 1. The molecule has 1 N–H and O–H groups in total. The molecule has 0 atom stereocenters. The molecule has 0 bridgehead atoms. The Kier molecular flexibility index (Phi) is 4.61. The van der Waals surface area contributed by atoms with Gasteiger partial charge in [0.15, 0.2) is 0 Å². The van der Waals surface area contributed by atoms with E-state index in [2.05, 4.69) is 27.2 Å². The molecule has 7 heteroatoms. The van der Waals surface area contributed by atoms with Crippen molar-refractivity contribution in [2.45, 2.75) is 0 Å². The molecule has 0 aliphatic carbocycles. The Bertz CT molecular complexity index is 769. The number of fused-ring (bicyclic) bond motifs is 1. The molecule has 2 aliphatic rings. The molecule has 2 aromatic rings. The van der Waals surface area contributed by atoms with Crippen LogP contribution in [0.2, 0.25) is 5.02 Å². The van der Waals surface area contributed by atoms with Crippen LogP contribution in [0.25, 0.3) is 10.8 Å². The van der Waals surface area contributed by atoms with Gasteiger partial charge in [-0.3, -0.25) is 4.21 Å². The van der Waals surface area contributed by atoms with Gasteiger partial charge in [0.25, 0.3) is 0 Å². The lowest BCUT2D eigenvalue weighted by atomic mass is 10.1. The first-order valence-corrected chi connectivity index (χ1v) is 10.2. The number of pyridine rings is 1.